The summed E-state index contributed by atoms with van der Waals surface area (Å²) in [4.78, 5) is 0. The predicted molar refractivity (Wildman–Crippen MR) is 108 cm³/mol. The molecule has 2 aromatic carbocycles. The Hall–Kier alpha value is -2.14. The minimum atomic E-state index is 0.191. The second kappa shape index (κ2) is 7.23. The lowest BCUT2D eigenvalue weighted by Gasteiger charge is -2.25. The van der Waals surface area contributed by atoms with Crippen LogP contribution in [0.3, 0.4) is 0 Å². The van der Waals surface area contributed by atoms with Gasteiger partial charge in [0, 0.05) is 12.0 Å². The van der Waals surface area contributed by atoms with E-state index in [2.05, 4.69) is 52.0 Å². The molecule has 5 heteroatoms. The number of H-pyrrole nitrogens is 1. The van der Waals surface area contributed by atoms with Crippen molar-refractivity contribution in [1.82, 2.24) is 14.8 Å². The molecule has 0 amide bonds. The highest BCUT2D eigenvalue weighted by molar-refractivity contribution is 7.71. The van der Waals surface area contributed by atoms with Gasteiger partial charge in [-0.2, -0.15) is 5.10 Å². The number of ether oxygens (including phenoxy) is 1. The van der Waals surface area contributed by atoms with Crippen molar-refractivity contribution >= 4 is 23.0 Å². The summed E-state index contributed by atoms with van der Waals surface area (Å²) in [5.74, 6) is 2.13. The molecule has 1 atom stereocenters. The maximum atomic E-state index is 5.56. The molecular weight excluding hydrogens is 342 g/mol. The first-order chi connectivity index (χ1) is 12.7. The highest BCUT2D eigenvalue weighted by Crippen LogP contribution is 2.33. The van der Waals surface area contributed by atoms with Crippen LogP contribution in [0.5, 0.6) is 5.75 Å². The van der Waals surface area contributed by atoms with Crippen molar-refractivity contribution in [2.24, 2.45) is 0 Å². The first kappa shape index (κ1) is 17.3. The number of methoxy groups -OCH3 is 1. The molecule has 0 bridgehead atoms. The molecule has 1 unspecified atom stereocenters. The van der Waals surface area contributed by atoms with Crippen molar-refractivity contribution in [1.29, 1.82) is 0 Å². The van der Waals surface area contributed by atoms with E-state index in [0.29, 0.717) is 6.04 Å². The summed E-state index contributed by atoms with van der Waals surface area (Å²) in [6, 6.07) is 13.3. The fourth-order valence-electron chi connectivity index (χ4n) is 4.10. The van der Waals surface area contributed by atoms with Crippen molar-refractivity contribution in [2.45, 2.75) is 51.0 Å². The molecule has 0 radical (unpaired) electrons. The second-order valence-electron chi connectivity index (χ2n) is 7.24. The van der Waals surface area contributed by atoms with Gasteiger partial charge in [-0.25, -0.2) is 0 Å². The lowest BCUT2D eigenvalue weighted by Crippen LogP contribution is -2.17. The van der Waals surface area contributed by atoms with Gasteiger partial charge in [-0.1, -0.05) is 50.5 Å². The molecule has 3 aromatic rings. The number of nitrogens with zero attached hydrogens (tertiary/aromatic N) is 2. The average Bonchev–Trinajstić information content (AvgIpc) is 3.08. The molecule has 0 aliphatic heterocycles. The van der Waals surface area contributed by atoms with Crippen molar-refractivity contribution in [3.8, 4) is 5.75 Å². The standard InChI is InChI=1S/C21H25N3OS/c1-14(15-8-9-17-13-19(25-2)11-10-16(17)12-15)20-22-23-21(26)24(20)18-6-4-3-5-7-18/h8-14,18H,3-7H2,1-2H3,(H,23,26). The first-order valence-corrected chi connectivity index (χ1v) is 9.82. The zero-order valence-corrected chi connectivity index (χ0v) is 16.2. The van der Waals surface area contributed by atoms with E-state index in [1.807, 2.05) is 6.07 Å². The van der Waals surface area contributed by atoms with E-state index in [9.17, 15) is 0 Å². The van der Waals surface area contributed by atoms with Crippen LogP contribution in [0, 0.1) is 4.77 Å². The van der Waals surface area contributed by atoms with Crippen LogP contribution in [-0.4, -0.2) is 21.9 Å². The van der Waals surface area contributed by atoms with E-state index in [0.717, 1.165) is 16.3 Å². The number of hydrogen-bond acceptors (Lipinski definition) is 3. The number of nitrogens with one attached hydrogen (secondary N) is 1. The van der Waals surface area contributed by atoms with Crippen LogP contribution >= 0.6 is 12.2 Å². The van der Waals surface area contributed by atoms with Crippen LogP contribution in [0.15, 0.2) is 36.4 Å². The van der Waals surface area contributed by atoms with Crippen molar-refractivity contribution < 1.29 is 4.74 Å². The topological polar surface area (TPSA) is 42.8 Å². The summed E-state index contributed by atoms with van der Waals surface area (Å²) in [6.45, 7) is 2.22. The molecule has 0 spiro atoms. The molecule has 1 fully saturated rings. The number of aromatic amines is 1. The maximum Gasteiger partial charge on any atom is 0.195 e. The Morgan fingerprint density at radius 2 is 1.85 bits per heavy atom. The molecule has 1 aliphatic rings. The normalized spacial score (nSPS) is 16.7. The third kappa shape index (κ3) is 3.16. The molecule has 1 aromatic heterocycles. The van der Waals surface area contributed by atoms with Crippen molar-refractivity contribution in [3.05, 3.63) is 52.6 Å². The Labute approximate surface area is 159 Å². The molecule has 1 N–H and O–H groups in total. The minimum Gasteiger partial charge on any atom is -0.497 e. The van der Waals surface area contributed by atoms with Gasteiger partial charge in [0.2, 0.25) is 0 Å². The van der Waals surface area contributed by atoms with Crippen molar-refractivity contribution in [3.63, 3.8) is 0 Å². The number of benzene rings is 2. The smallest absolute Gasteiger partial charge is 0.195 e. The maximum absolute atomic E-state index is 5.56. The molecule has 1 aliphatic carbocycles. The molecule has 1 heterocycles. The van der Waals surface area contributed by atoms with Gasteiger partial charge in [-0.05, 0) is 53.5 Å². The van der Waals surface area contributed by atoms with E-state index in [1.165, 1.54) is 48.4 Å². The zero-order valence-electron chi connectivity index (χ0n) is 15.4. The summed E-state index contributed by atoms with van der Waals surface area (Å²) in [6.07, 6.45) is 6.29. The Kier molecular flexibility index (Phi) is 4.81. The van der Waals surface area contributed by atoms with Crippen LogP contribution in [0.4, 0.5) is 0 Å². The van der Waals surface area contributed by atoms with Gasteiger partial charge in [0.1, 0.15) is 11.6 Å². The molecule has 0 saturated heterocycles. The highest BCUT2D eigenvalue weighted by Gasteiger charge is 2.23. The van der Waals surface area contributed by atoms with E-state index >= 15 is 0 Å². The van der Waals surface area contributed by atoms with E-state index < -0.39 is 0 Å². The van der Waals surface area contributed by atoms with Gasteiger partial charge < -0.3 is 9.30 Å². The molecule has 26 heavy (non-hydrogen) atoms. The van der Waals surface area contributed by atoms with Gasteiger partial charge in [0.05, 0.1) is 7.11 Å². The summed E-state index contributed by atoms with van der Waals surface area (Å²) in [7, 11) is 1.70. The molecular formula is C21H25N3OS. The zero-order chi connectivity index (χ0) is 18.1. The first-order valence-electron chi connectivity index (χ1n) is 9.42. The van der Waals surface area contributed by atoms with Gasteiger partial charge in [-0.3, -0.25) is 5.10 Å². The van der Waals surface area contributed by atoms with E-state index in [4.69, 9.17) is 17.0 Å². The van der Waals surface area contributed by atoms with E-state index in [-0.39, 0.29) is 5.92 Å². The molecule has 136 valence electrons. The van der Waals surface area contributed by atoms with Gasteiger partial charge in [0.25, 0.3) is 0 Å². The third-order valence-electron chi connectivity index (χ3n) is 5.63. The lowest BCUT2D eigenvalue weighted by molar-refractivity contribution is 0.341. The Balaban J connectivity index is 1.70. The molecule has 4 rings (SSSR count). The predicted octanol–water partition coefficient (Wildman–Crippen LogP) is 5.76. The summed E-state index contributed by atoms with van der Waals surface area (Å²) < 4.78 is 8.36. The summed E-state index contributed by atoms with van der Waals surface area (Å²) in [5.41, 5.74) is 1.26. The average molecular weight is 368 g/mol. The lowest BCUT2D eigenvalue weighted by atomic mass is 9.93. The fraction of sp³-hybridized carbons (Fsp3) is 0.429. The Bertz CT molecular complexity index is 969. The van der Waals surface area contributed by atoms with Crippen LogP contribution in [-0.2, 0) is 0 Å². The third-order valence-corrected chi connectivity index (χ3v) is 5.92. The number of hydrogen-bond donors (Lipinski definition) is 1. The minimum absolute atomic E-state index is 0.191. The Morgan fingerprint density at radius 3 is 2.62 bits per heavy atom. The number of rotatable bonds is 4. The quantitative estimate of drug-likeness (QED) is 0.596. The van der Waals surface area contributed by atoms with Gasteiger partial charge >= 0.3 is 0 Å². The van der Waals surface area contributed by atoms with E-state index in [1.54, 1.807) is 7.11 Å². The number of fused-ring (bicyclic) bond motifs is 1. The highest BCUT2D eigenvalue weighted by atomic mass is 32.1. The van der Waals surface area contributed by atoms with Crippen LogP contribution < -0.4 is 4.74 Å². The SMILES string of the molecule is COc1ccc2cc(C(C)c3n[nH]c(=S)n3C3CCCCC3)ccc2c1. The van der Waals surface area contributed by atoms with Crippen LogP contribution in [0.2, 0.25) is 0 Å². The van der Waals surface area contributed by atoms with Crippen LogP contribution in [0.25, 0.3) is 10.8 Å². The number of aromatic nitrogens is 3. The second-order valence-corrected chi connectivity index (χ2v) is 7.63. The van der Waals surface area contributed by atoms with Gasteiger partial charge in [0.15, 0.2) is 4.77 Å². The summed E-state index contributed by atoms with van der Waals surface area (Å²) >= 11 is 5.56. The molecule has 1 saturated carbocycles. The van der Waals surface area contributed by atoms with Crippen LogP contribution in [0.1, 0.15) is 62.4 Å². The summed E-state index contributed by atoms with van der Waals surface area (Å²) in [5, 5.41) is 10.0. The van der Waals surface area contributed by atoms with Gasteiger partial charge in [-0.15, -0.1) is 0 Å². The van der Waals surface area contributed by atoms with Crippen molar-refractivity contribution in [2.75, 3.05) is 7.11 Å². The Morgan fingerprint density at radius 1 is 1.12 bits per heavy atom. The fourth-order valence-corrected chi connectivity index (χ4v) is 4.39. The largest absolute Gasteiger partial charge is 0.497 e. The monoisotopic (exact) mass is 367 g/mol. The molecule has 4 nitrogen and oxygen atoms in total.